The highest BCUT2D eigenvalue weighted by Crippen LogP contribution is 2.18. The minimum Gasteiger partial charge on any atom is -0.305 e. The van der Waals surface area contributed by atoms with Gasteiger partial charge in [-0.3, -0.25) is 0 Å². The Morgan fingerprint density at radius 2 is 1.93 bits per heavy atom. The van der Waals surface area contributed by atoms with Crippen molar-refractivity contribution in [2.45, 2.75) is 64.5 Å². The van der Waals surface area contributed by atoms with E-state index in [4.69, 9.17) is 0 Å². The van der Waals surface area contributed by atoms with E-state index < -0.39 is 0 Å². The summed E-state index contributed by atoms with van der Waals surface area (Å²) in [6.07, 6.45) is 8.57. The first-order valence-corrected chi connectivity index (χ1v) is 5.93. The molecule has 1 aliphatic rings. The first-order chi connectivity index (χ1) is 6.72. The van der Waals surface area contributed by atoms with Crippen molar-refractivity contribution in [2.75, 3.05) is 0 Å². The summed E-state index contributed by atoms with van der Waals surface area (Å²) in [7, 11) is 0. The molecule has 0 aromatic heterocycles. The van der Waals surface area contributed by atoms with Gasteiger partial charge < -0.3 is 10.1 Å². The molecule has 0 radical (unpaired) electrons. The van der Waals surface area contributed by atoms with Gasteiger partial charge in [-0.05, 0) is 25.2 Å². The Morgan fingerprint density at radius 1 is 1.29 bits per heavy atom. The van der Waals surface area contributed by atoms with Gasteiger partial charge in [-0.2, -0.15) is 0 Å². The van der Waals surface area contributed by atoms with E-state index >= 15 is 0 Å². The van der Waals surface area contributed by atoms with Crippen molar-refractivity contribution in [2.24, 2.45) is 5.92 Å². The first kappa shape index (κ1) is 11.7. The van der Waals surface area contributed by atoms with Gasteiger partial charge in [-0.1, -0.05) is 33.1 Å². The predicted octanol–water partition coefficient (Wildman–Crippen LogP) is 2.52. The monoisotopic (exact) mass is 197 g/mol. The highest BCUT2D eigenvalue weighted by Gasteiger charge is 2.17. The van der Waals surface area contributed by atoms with Crippen molar-refractivity contribution in [3.8, 4) is 0 Å². The number of hydrogen-bond donors (Lipinski definition) is 1. The number of carbonyl (C=O) groups excluding carboxylic acids is 1. The number of aldehydes is 1. The second-order valence-corrected chi connectivity index (χ2v) is 4.87. The normalized spacial score (nSPS) is 21.1. The zero-order valence-electron chi connectivity index (χ0n) is 9.46. The lowest BCUT2D eigenvalue weighted by atomic mass is 9.94. The van der Waals surface area contributed by atoms with Crippen molar-refractivity contribution in [3.05, 3.63) is 0 Å². The zero-order valence-corrected chi connectivity index (χ0v) is 9.46. The molecule has 1 N–H and O–H groups in total. The number of carbonyl (C=O) groups is 1. The van der Waals surface area contributed by atoms with E-state index in [1.54, 1.807) is 0 Å². The summed E-state index contributed by atoms with van der Waals surface area (Å²) in [6.45, 7) is 4.33. The minimum absolute atomic E-state index is 0.0816. The summed E-state index contributed by atoms with van der Waals surface area (Å²) in [5.41, 5.74) is 0. The Bertz CT molecular complexity index is 162. The van der Waals surface area contributed by atoms with Crippen LogP contribution in [0.2, 0.25) is 0 Å². The smallest absolute Gasteiger partial charge is 0.136 e. The summed E-state index contributed by atoms with van der Waals surface area (Å²) in [5.74, 6) is 0.598. The van der Waals surface area contributed by atoms with Crippen LogP contribution in [-0.4, -0.2) is 18.4 Å². The SMILES string of the molecule is CC(C)C[C@@H](C=O)NC1CCCCC1. The van der Waals surface area contributed by atoms with Crippen molar-refractivity contribution in [1.29, 1.82) is 0 Å². The second kappa shape index (κ2) is 6.18. The van der Waals surface area contributed by atoms with Gasteiger partial charge in [0.25, 0.3) is 0 Å². The third kappa shape index (κ3) is 4.23. The fraction of sp³-hybridized carbons (Fsp3) is 0.917. The van der Waals surface area contributed by atoms with E-state index in [0.717, 1.165) is 12.7 Å². The summed E-state index contributed by atoms with van der Waals surface area (Å²) in [6, 6.07) is 0.677. The molecule has 0 aromatic rings. The molecular weight excluding hydrogens is 174 g/mol. The van der Waals surface area contributed by atoms with Crippen LogP contribution in [0, 0.1) is 5.92 Å². The predicted molar refractivity (Wildman–Crippen MR) is 59.3 cm³/mol. The van der Waals surface area contributed by atoms with Crippen LogP contribution in [0.1, 0.15) is 52.4 Å². The van der Waals surface area contributed by atoms with Crippen LogP contribution < -0.4 is 5.32 Å². The second-order valence-electron chi connectivity index (χ2n) is 4.87. The third-order valence-electron chi connectivity index (χ3n) is 2.94. The maximum absolute atomic E-state index is 10.9. The average molecular weight is 197 g/mol. The van der Waals surface area contributed by atoms with Gasteiger partial charge in [0, 0.05) is 6.04 Å². The molecule has 14 heavy (non-hydrogen) atoms. The highest BCUT2D eigenvalue weighted by atomic mass is 16.1. The molecule has 1 rings (SSSR count). The average Bonchev–Trinajstić information content (AvgIpc) is 2.17. The van der Waals surface area contributed by atoms with Crippen LogP contribution in [0.3, 0.4) is 0 Å². The lowest BCUT2D eigenvalue weighted by molar-refractivity contribution is -0.110. The fourth-order valence-corrected chi connectivity index (χ4v) is 2.24. The van der Waals surface area contributed by atoms with E-state index in [2.05, 4.69) is 19.2 Å². The van der Waals surface area contributed by atoms with Crippen molar-refractivity contribution in [3.63, 3.8) is 0 Å². The largest absolute Gasteiger partial charge is 0.305 e. The zero-order chi connectivity index (χ0) is 10.4. The molecule has 2 heteroatoms. The molecule has 0 aromatic carbocycles. The summed E-state index contributed by atoms with van der Waals surface area (Å²) < 4.78 is 0. The Labute approximate surface area is 87.5 Å². The van der Waals surface area contributed by atoms with Gasteiger partial charge >= 0.3 is 0 Å². The Balaban J connectivity index is 2.27. The van der Waals surface area contributed by atoms with Gasteiger partial charge in [-0.25, -0.2) is 0 Å². The molecule has 1 aliphatic carbocycles. The van der Waals surface area contributed by atoms with Crippen LogP contribution in [0.4, 0.5) is 0 Å². The van der Waals surface area contributed by atoms with Crippen molar-refractivity contribution in [1.82, 2.24) is 5.32 Å². The van der Waals surface area contributed by atoms with Crippen LogP contribution in [0.25, 0.3) is 0 Å². The third-order valence-corrected chi connectivity index (χ3v) is 2.94. The van der Waals surface area contributed by atoms with E-state index in [0.29, 0.717) is 12.0 Å². The molecule has 2 nitrogen and oxygen atoms in total. The molecule has 1 saturated carbocycles. The minimum atomic E-state index is 0.0816. The molecule has 82 valence electrons. The van der Waals surface area contributed by atoms with Crippen molar-refractivity contribution < 1.29 is 4.79 Å². The number of nitrogens with one attached hydrogen (secondary N) is 1. The summed E-state index contributed by atoms with van der Waals surface area (Å²) >= 11 is 0. The number of rotatable bonds is 5. The lowest BCUT2D eigenvalue weighted by Crippen LogP contribution is -2.41. The van der Waals surface area contributed by atoms with Gasteiger partial charge in [-0.15, -0.1) is 0 Å². The van der Waals surface area contributed by atoms with Gasteiger partial charge in [0.1, 0.15) is 6.29 Å². The maximum atomic E-state index is 10.9. The Morgan fingerprint density at radius 3 is 2.43 bits per heavy atom. The van der Waals surface area contributed by atoms with E-state index in [9.17, 15) is 4.79 Å². The first-order valence-electron chi connectivity index (χ1n) is 5.93. The Kier molecular flexibility index (Phi) is 5.16. The Hall–Kier alpha value is -0.370. The molecule has 0 heterocycles. The topological polar surface area (TPSA) is 29.1 Å². The maximum Gasteiger partial charge on any atom is 0.136 e. The molecule has 0 amide bonds. The van der Waals surface area contributed by atoms with Gasteiger partial charge in [0.05, 0.1) is 6.04 Å². The number of hydrogen-bond acceptors (Lipinski definition) is 2. The van der Waals surface area contributed by atoms with Gasteiger partial charge in [0.2, 0.25) is 0 Å². The lowest BCUT2D eigenvalue weighted by Gasteiger charge is -2.26. The summed E-state index contributed by atoms with van der Waals surface area (Å²) in [5, 5.41) is 3.47. The quantitative estimate of drug-likeness (QED) is 0.686. The van der Waals surface area contributed by atoms with Crippen LogP contribution in [0.15, 0.2) is 0 Å². The van der Waals surface area contributed by atoms with Crippen molar-refractivity contribution >= 4 is 6.29 Å². The standard InChI is InChI=1S/C12H23NO/c1-10(2)8-12(9-14)13-11-6-4-3-5-7-11/h9-13H,3-8H2,1-2H3/t12-/m0/s1. The van der Waals surface area contributed by atoms with E-state index in [1.807, 2.05) is 0 Å². The van der Waals surface area contributed by atoms with Crippen LogP contribution in [0.5, 0.6) is 0 Å². The molecule has 0 saturated heterocycles. The highest BCUT2D eigenvalue weighted by molar-refractivity contribution is 5.57. The molecule has 0 aliphatic heterocycles. The molecular formula is C12H23NO. The molecule has 0 spiro atoms. The van der Waals surface area contributed by atoms with E-state index in [-0.39, 0.29) is 6.04 Å². The molecule has 1 atom stereocenters. The summed E-state index contributed by atoms with van der Waals surface area (Å²) in [4.78, 5) is 10.9. The molecule has 0 bridgehead atoms. The molecule has 0 unspecified atom stereocenters. The van der Waals surface area contributed by atoms with E-state index in [1.165, 1.54) is 32.1 Å². The van der Waals surface area contributed by atoms with Crippen LogP contribution in [-0.2, 0) is 4.79 Å². The molecule has 1 fully saturated rings. The fourth-order valence-electron chi connectivity index (χ4n) is 2.24. The van der Waals surface area contributed by atoms with Gasteiger partial charge in [0.15, 0.2) is 0 Å². The van der Waals surface area contributed by atoms with Crippen LogP contribution >= 0.6 is 0 Å².